The molecule has 0 aliphatic carbocycles. The first-order chi connectivity index (χ1) is 12.2. The van der Waals surface area contributed by atoms with Crippen LogP contribution in [0.2, 0.25) is 0 Å². The number of hydrogen-bond donors (Lipinski definition) is 2. The fourth-order valence-corrected chi connectivity index (χ4v) is 3.25. The van der Waals surface area contributed by atoms with Crippen LogP contribution in [0, 0.1) is 0 Å². The van der Waals surface area contributed by atoms with Gasteiger partial charge in [-0.25, -0.2) is 13.4 Å². The van der Waals surface area contributed by atoms with Crippen LogP contribution in [0.5, 0.6) is 5.88 Å². The van der Waals surface area contributed by atoms with Crippen LogP contribution in [0.15, 0.2) is 47.5 Å². The van der Waals surface area contributed by atoms with Gasteiger partial charge in [0.1, 0.15) is 0 Å². The van der Waals surface area contributed by atoms with Gasteiger partial charge in [0, 0.05) is 11.6 Å². The summed E-state index contributed by atoms with van der Waals surface area (Å²) in [5.74, 6) is -0.311. The van der Waals surface area contributed by atoms with E-state index in [1.54, 1.807) is 12.1 Å². The Morgan fingerprint density at radius 1 is 1.12 bits per heavy atom. The maximum absolute atomic E-state index is 12.4. The van der Waals surface area contributed by atoms with Gasteiger partial charge in [0.25, 0.3) is 0 Å². The summed E-state index contributed by atoms with van der Waals surface area (Å²) < 4.78 is 31.9. The van der Waals surface area contributed by atoms with Gasteiger partial charge in [0.15, 0.2) is 5.78 Å². The number of carbonyl (C=O) groups is 2. The van der Waals surface area contributed by atoms with Crippen molar-refractivity contribution in [3.8, 4) is 5.88 Å². The third-order valence-corrected chi connectivity index (χ3v) is 5.07. The first-order valence-corrected chi connectivity index (χ1v) is 9.15. The third-order valence-electron chi connectivity index (χ3n) is 3.51. The van der Waals surface area contributed by atoms with Crippen LogP contribution < -0.4 is 14.8 Å². The van der Waals surface area contributed by atoms with E-state index in [0.29, 0.717) is 17.1 Å². The number of nitrogens with one attached hydrogen (secondary N) is 2. The molecular formula is C17H19N3O5S. The molecule has 1 heterocycles. The highest BCUT2D eigenvalue weighted by Crippen LogP contribution is 2.13. The van der Waals surface area contributed by atoms with Gasteiger partial charge in [-0.2, -0.15) is 4.72 Å². The van der Waals surface area contributed by atoms with Crippen LogP contribution in [0.1, 0.15) is 24.2 Å². The van der Waals surface area contributed by atoms with E-state index < -0.39 is 22.0 Å². The number of aromatic nitrogens is 1. The number of Topliss-reactive ketones (excluding diaryl/α,β-unsaturated/α-hetero) is 1. The van der Waals surface area contributed by atoms with E-state index in [1.807, 2.05) is 0 Å². The topological polar surface area (TPSA) is 114 Å². The van der Waals surface area contributed by atoms with Crippen LogP contribution in [0.4, 0.5) is 5.69 Å². The van der Waals surface area contributed by atoms with Crippen LogP contribution in [0.25, 0.3) is 0 Å². The number of pyridine rings is 1. The van der Waals surface area contributed by atoms with E-state index in [9.17, 15) is 18.0 Å². The van der Waals surface area contributed by atoms with E-state index >= 15 is 0 Å². The predicted molar refractivity (Wildman–Crippen MR) is 95.6 cm³/mol. The molecule has 0 saturated carbocycles. The first kappa shape index (κ1) is 19.5. The van der Waals surface area contributed by atoms with Crippen molar-refractivity contribution in [2.75, 3.05) is 12.4 Å². The molecule has 2 aromatic rings. The van der Waals surface area contributed by atoms with Crippen molar-refractivity contribution in [1.82, 2.24) is 9.71 Å². The highest BCUT2D eigenvalue weighted by atomic mass is 32.2. The maximum atomic E-state index is 12.4. The van der Waals surface area contributed by atoms with Crippen LogP contribution >= 0.6 is 0 Å². The quantitative estimate of drug-likeness (QED) is 0.708. The number of anilines is 1. The highest BCUT2D eigenvalue weighted by Gasteiger charge is 2.22. The van der Waals surface area contributed by atoms with Crippen LogP contribution in [0.3, 0.4) is 0 Å². The molecule has 26 heavy (non-hydrogen) atoms. The summed E-state index contributed by atoms with van der Waals surface area (Å²) in [6.07, 6.45) is 1.40. The summed E-state index contributed by atoms with van der Waals surface area (Å²) in [5.41, 5.74) is 0.814. The molecule has 8 nitrogen and oxygen atoms in total. The number of ketones is 1. The lowest BCUT2D eigenvalue weighted by Crippen LogP contribution is -2.41. The Kier molecular flexibility index (Phi) is 6.06. The molecule has 0 saturated heterocycles. The minimum Gasteiger partial charge on any atom is -0.481 e. The second-order valence-electron chi connectivity index (χ2n) is 5.50. The SMILES string of the molecule is COc1ccc(NC(=O)[C@H](C)NS(=O)(=O)c2ccc(C(C)=O)cc2)cn1. The summed E-state index contributed by atoms with van der Waals surface area (Å²) in [6.45, 7) is 2.82. The van der Waals surface area contributed by atoms with Crippen LogP contribution in [-0.4, -0.2) is 38.2 Å². The first-order valence-electron chi connectivity index (χ1n) is 7.67. The largest absolute Gasteiger partial charge is 0.481 e. The Balaban J connectivity index is 2.05. The van der Waals surface area contributed by atoms with Gasteiger partial charge in [0.2, 0.25) is 21.8 Å². The van der Waals surface area contributed by atoms with Gasteiger partial charge >= 0.3 is 0 Å². The molecule has 138 valence electrons. The van der Waals surface area contributed by atoms with Crippen LogP contribution in [-0.2, 0) is 14.8 Å². The highest BCUT2D eigenvalue weighted by molar-refractivity contribution is 7.89. The molecule has 1 amide bonds. The van der Waals surface area contributed by atoms with Gasteiger partial charge in [-0.15, -0.1) is 0 Å². The third kappa shape index (κ3) is 4.87. The molecule has 0 spiro atoms. The second-order valence-corrected chi connectivity index (χ2v) is 7.22. The number of methoxy groups -OCH3 is 1. The summed E-state index contributed by atoms with van der Waals surface area (Å²) in [7, 11) is -2.44. The van der Waals surface area contributed by atoms with Crippen molar-refractivity contribution < 1.29 is 22.7 Å². The van der Waals surface area contributed by atoms with Gasteiger partial charge in [-0.3, -0.25) is 9.59 Å². The fraction of sp³-hybridized carbons (Fsp3) is 0.235. The standard InChI is InChI=1S/C17H19N3O5S/c1-11(17(22)19-14-6-9-16(25-3)18-10-14)20-26(23,24)15-7-4-13(5-8-15)12(2)21/h4-11,20H,1-3H3,(H,19,22)/t11-/m0/s1. The lowest BCUT2D eigenvalue weighted by molar-refractivity contribution is -0.117. The number of carbonyl (C=O) groups excluding carboxylic acids is 2. The number of rotatable bonds is 7. The van der Waals surface area contributed by atoms with Gasteiger partial charge in [-0.05, 0) is 32.0 Å². The summed E-state index contributed by atoms with van der Waals surface area (Å²) >= 11 is 0. The van der Waals surface area contributed by atoms with Gasteiger partial charge in [-0.1, -0.05) is 12.1 Å². The Bertz CT molecular complexity index is 893. The zero-order chi connectivity index (χ0) is 19.3. The molecule has 9 heteroatoms. The smallest absolute Gasteiger partial charge is 0.242 e. The zero-order valence-electron chi connectivity index (χ0n) is 14.5. The Labute approximate surface area is 151 Å². The Hall–Kier alpha value is -2.78. The normalized spacial score (nSPS) is 12.3. The molecule has 0 unspecified atom stereocenters. The number of sulfonamides is 1. The van der Waals surface area contributed by atoms with E-state index in [2.05, 4.69) is 15.0 Å². The van der Waals surface area contributed by atoms with E-state index in [1.165, 1.54) is 51.4 Å². The molecule has 0 radical (unpaired) electrons. The van der Waals surface area contributed by atoms with Crippen molar-refractivity contribution in [1.29, 1.82) is 0 Å². The number of benzene rings is 1. The number of amides is 1. The second kappa shape index (κ2) is 8.07. The molecule has 0 bridgehead atoms. The maximum Gasteiger partial charge on any atom is 0.242 e. The number of nitrogens with zero attached hydrogens (tertiary/aromatic N) is 1. The summed E-state index contributed by atoms with van der Waals surface area (Å²) in [4.78, 5) is 27.4. The van der Waals surface area contributed by atoms with Crippen molar-refractivity contribution >= 4 is 27.4 Å². The molecule has 1 atom stereocenters. The lowest BCUT2D eigenvalue weighted by Gasteiger charge is -2.14. The van der Waals surface area contributed by atoms with Crippen molar-refractivity contribution in [3.05, 3.63) is 48.2 Å². The van der Waals surface area contributed by atoms with Crippen molar-refractivity contribution in [2.24, 2.45) is 0 Å². The summed E-state index contributed by atoms with van der Waals surface area (Å²) in [6, 6.07) is 7.62. The van der Waals surface area contributed by atoms with Crippen molar-refractivity contribution in [3.63, 3.8) is 0 Å². The van der Waals surface area contributed by atoms with Gasteiger partial charge < -0.3 is 10.1 Å². The van der Waals surface area contributed by atoms with Gasteiger partial charge in [0.05, 0.1) is 29.9 Å². The zero-order valence-corrected chi connectivity index (χ0v) is 15.3. The Morgan fingerprint density at radius 3 is 2.27 bits per heavy atom. The molecule has 2 rings (SSSR count). The average molecular weight is 377 g/mol. The average Bonchev–Trinajstić information content (AvgIpc) is 2.62. The number of ether oxygens (including phenoxy) is 1. The molecule has 1 aromatic carbocycles. The molecule has 2 N–H and O–H groups in total. The summed E-state index contributed by atoms with van der Waals surface area (Å²) in [5, 5.41) is 2.56. The predicted octanol–water partition coefficient (Wildman–Crippen LogP) is 1.60. The number of hydrogen-bond acceptors (Lipinski definition) is 6. The van der Waals surface area contributed by atoms with E-state index in [0.717, 1.165) is 0 Å². The minimum atomic E-state index is -3.91. The monoisotopic (exact) mass is 377 g/mol. The fourth-order valence-electron chi connectivity index (χ4n) is 2.05. The molecule has 0 aliphatic heterocycles. The molecule has 0 fully saturated rings. The van der Waals surface area contributed by atoms with E-state index in [-0.39, 0.29) is 10.7 Å². The molecule has 1 aromatic heterocycles. The Morgan fingerprint density at radius 2 is 1.77 bits per heavy atom. The van der Waals surface area contributed by atoms with E-state index in [4.69, 9.17) is 4.74 Å². The molecular weight excluding hydrogens is 358 g/mol. The van der Waals surface area contributed by atoms with Crippen molar-refractivity contribution in [2.45, 2.75) is 24.8 Å². The minimum absolute atomic E-state index is 0.0340. The lowest BCUT2D eigenvalue weighted by atomic mass is 10.2. The molecule has 0 aliphatic rings.